The van der Waals surface area contributed by atoms with Crippen LogP contribution in [0, 0.1) is 5.92 Å². The highest BCUT2D eigenvalue weighted by atomic mass is 16.3. The number of nitrogens with zero attached hydrogens (tertiary/aromatic N) is 1. The summed E-state index contributed by atoms with van der Waals surface area (Å²) in [6.07, 6.45) is 1.21. The van der Waals surface area contributed by atoms with Crippen LogP contribution in [0.3, 0.4) is 0 Å². The third-order valence-corrected chi connectivity index (χ3v) is 2.36. The molecule has 0 saturated carbocycles. The lowest BCUT2D eigenvalue weighted by Gasteiger charge is -1.96. The first-order chi connectivity index (χ1) is 7.25. The van der Waals surface area contributed by atoms with Gasteiger partial charge in [0.25, 0.3) is 0 Å². The van der Waals surface area contributed by atoms with Crippen molar-refractivity contribution in [1.29, 1.82) is 0 Å². The zero-order valence-electron chi connectivity index (χ0n) is 7.88. The van der Waals surface area contributed by atoms with Gasteiger partial charge in [0.15, 0.2) is 11.6 Å². The van der Waals surface area contributed by atoms with Crippen LogP contribution in [0.25, 0.3) is 0 Å². The molecular weight excluding hydrogens is 194 g/mol. The average molecular weight is 203 g/mol. The van der Waals surface area contributed by atoms with Gasteiger partial charge in [-0.2, -0.15) is 0 Å². The lowest BCUT2D eigenvalue weighted by atomic mass is 10.1. The van der Waals surface area contributed by atoms with E-state index in [2.05, 4.69) is 4.99 Å². The number of hydrogen-bond donors (Lipinski definition) is 1. The van der Waals surface area contributed by atoms with Crippen LogP contribution >= 0.6 is 0 Å². The molecule has 15 heavy (non-hydrogen) atoms. The van der Waals surface area contributed by atoms with Crippen LogP contribution in [-0.4, -0.2) is 29.6 Å². The van der Waals surface area contributed by atoms with Crippen molar-refractivity contribution >= 4 is 17.8 Å². The van der Waals surface area contributed by atoms with Crippen LogP contribution in [0.2, 0.25) is 0 Å². The predicted molar refractivity (Wildman–Crippen MR) is 54.2 cm³/mol. The molecule has 2 rings (SSSR count). The third kappa shape index (κ3) is 1.49. The van der Waals surface area contributed by atoms with Crippen molar-refractivity contribution in [3.05, 3.63) is 35.4 Å². The lowest BCUT2D eigenvalue weighted by Crippen LogP contribution is -2.16. The van der Waals surface area contributed by atoms with E-state index in [0.29, 0.717) is 11.1 Å². The van der Waals surface area contributed by atoms with E-state index in [1.807, 2.05) is 0 Å². The highest BCUT2D eigenvalue weighted by Crippen LogP contribution is 2.25. The van der Waals surface area contributed by atoms with E-state index >= 15 is 0 Å². The van der Waals surface area contributed by atoms with Crippen LogP contribution < -0.4 is 0 Å². The van der Waals surface area contributed by atoms with Gasteiger partial charge in [-0.1, -0.05) is 24.3 Å². The fourth-order valence-electron chi connectivity index (χ4n) is 1.65. The van der Waals surface area contributed by atoms with Gasteiger partial charge in [-0.3, -0.25) is 14.6 Å². The molecule has 0 spiro atoms. The van der Waals surface area contributed by atoms with Crippen molar-refractivity contribution in [1.82, 2.24) is 0 Å². The number of fused-ring (bicyclic) bond motifs is 1. The van der Waals surface area contributed by atoms with Crippen LogP contribution in [0.5, 0.6) is 0 Å². The molecule has 4 heteroatoms. The Kier molecular flexibility index (Phi) is 2.43. The molecule has 4 nitrogen and oxygen atoms in total. The number of benzene rings is 1. The largest absolute Gasteiger partial charge is 0.375 e. The van der Waals surface area contributed by atoms with Gasteiger partial charge in [0, 0.05) is 17.3 Å². The molecule has 0 atom stereocenters. The second kappa shape index (κ2) is 3.74. The van der Waals surface area contributed by atoms with Gasteiger partial charge in [-0.25, -0.2) is 0 Å². The normalized spacial score (nSPS) is 16.3. The molecule has 0 unspecified atom stereocenters. The minimum atomic E-state index is -0.852. The Morgan fingerprint density at radius 2 is 1.73 bits per heavy atom. The average Bonchev–Trinajstić information content (AvgIpc) is 2.51. The van der Waals surface area contributed by atoms with E-state index in [1.165, 1.54) is 6.21 Å². The van der Waals surface area contributed by atoms with E-state index < -0.39 is 12.6 Å². The number of aliphatic hydroxyl groups is 1. The number of ketones is 2. The number of aliphatic hydroxyl groups excluding tert-OH is 1. The molecule has 76 valence electrons. The fourth-order valence-corrected chi connectivity index (χ4v) is 1.65. The zero-order valence-corrected chi connectivity index (χ0v) is 7.88. The molecule has 0 fully saturated rings. The van der Waals surface area contributed by atoms with Crippen molar-refractivity contribution in [2.45, 2.75) is 0 Å². The van der Waals surface area contributed by atoms with Crippen molar-refractivity contribution in [2.75, 3.05) is 6.73 Å². The molecule has 1 N–H and O–H groups in total. The highest BCUT2D eigenvalue weighted by Gasteiger charge is 2.36. The van der Waals surface area contributed by atoms with Crippen LogP contribution in [0.15, 0.2) is 29.3 Å². The number of carbonyl (C=O) groups is 2. The highest BCUT2D eigenvalue weighted by molar-refractivity contribution is 6.33. The van der Waals surface area contributed by atoms with E-state index in [4.69, 9.17) is 5.11 Å². The van der Waals surface area contributed by atoms with Crippen molar-refractivity contribution in [2.24, 2.45) is 10.9 Å². The second-order valence-electron chi connectivity index (χ2n) is 3.22. The summed E-state index contributed by atoms with van der Waals surface area (Å²) >= 11 is 0. The summed E-state index contributed by atoms with van der Waals surface area (Å²) in [4.78, 5) is 27.0. The van der Waals surface area contributed by atoms with Crippen molar-refractivity contribution in [3.63, 3.8) is 0 Å². The molecule has 0 bridgehead atoms. The zero-order chi connectivity index (χ0) is 10.8. The van der Waals surface area contributed by atoms with E-state index in [0.717, 1.165) is 0 Å². The molecule has 1 aromatic carbocycles. The van der Waals surface area contributed by atoms with Crippen LogP contribution in [0.4, 0.5) is 0 Å². The predicted octanol–water partition coefficient (Wildman–Crippen LogP) is 0.702. The van der Waals surface area contributed by atoms with E-state index in [-0.39, 0.29) is 11.6 Å². The van der Waals surface area contributed by atoms with Gasteiger partial charge in [-0.05, 0) is 0 Å². The smallest absolute Gasteiger partial charge is 0.179 e. The summed E-state index contributed by atoms with van der Waals surface area (Å²) in [5.74, 6) is -1.34. The molecule has 0 aliphatic heterocycles. The standard InChI is InChI=1S/C11H9NO3/c13-6-12-5-9-10(14)7-3-1-2-4-8(7)11(9)15/h1-5,9,13H,6H2. The monoisotopic (exact) mass is 203 g/mol. The number of Topliss-reactive ketones (excluding diaryl/α,β-unsaturated/α-hetero) is 2. The summed E-state index contributed by atoms with van der Waals surface area (Å²) in [6, 6.07) is 6.69. The minimum absolute atomic E-state index is 0.243. The molecule has 1 aromatic rings. The first kappa shape index (κ1) is 9.73. The molecule has 1 aliphatic rings. The summed E-state index contributed by atoms with van der Waals surface area (Å²) in [7, 11) is 0. The quantitative estimate of drug-likeness (QED) is 0.568. The third-order valence-electron chi connectivity index (χ3n) is 2.36. The number of hydrogen-bond acceptors (Lipinski definition) is 4. The second-order valence-corrected chi connectivity index (χ2v) is 3.22. The van der Waals surface area contributed by atoms with Crippen molar-refractivity contribution < 1.29 is 14.7 Å². The first-order valence-electron chi connectivity index (χ1n) is 4.54. The summed E-state index contributed by atoms with van der Waals surface area (Å²) in [5.41, 5.74) is 0.883. The maximum absolute atomic E-state index is 11.7. The Bertz CT molecular complexity index is 416. The molecule has 1 aliphatic carbocycles. The SMILES string of the molecule is O=C1c2ccccc2C(=O)C1C=NCO. The minimum Gasteiger partial charge on any atom is -0.375 e. The fraction of sp³-hybridized carbons (Fsp3) is 0.182. The lowest BCUT2D eigenvalue weighted by molar-refractivity contribution is 0.0886. The summed E-state index contributed by atoms with van der Waals surface area (Å²) in [5, 5.41) is 8.50. The van der Waals surface area contributed by atoms with Gasteiger partial charge in [0.05, 0.1) is 0 Å². The first-order valence-corrected chi connectivity index (χ1v) is 4.54. The van der Waals surface area contributed by atoms with Crippen LogP contribution in [-0.2, 0) is 0 Å². The Balaban J connectivity index is 2.41. The topological polar surface area (TPSA) is 66.7 Å². The van der Waals surface area contributed by atoms with E-state index in [1.54, 1.807) is 24.3 Å². The van der Waals surface area contributed by atoms with Gasteiger partial charge < -0.3 is 5.11 Å². The van der Waals surface area contributed by atoms with Crippen LogP contribution in [0.1, 0.15) is 20.7 Å². The molecule has 0 amide bonds. The molecule has 0 aromatic heterocycles. The molecule has 0 heterocycles. The molecule has 0 saturated heterocycles. The maximum Gasteiger partial charge on any atom is 0.179 e. The number of aliphatic imine (C=N–C) groups is 1. The number of rotatable bonds is 2. The van der Waals surface area contributed by atoms with Gasteiger partial charge in [-0.15, -0.1) is 0 Å². The Morgan fingerprint density at radius 3 is 2.20 bits per heavy atom. The Hall–Kier alpha value is -1.81. The van der Waals surface area contributed by atoms with Gasteiger partial charge >= 0.3 is 0 Å². The molecular formula is C11H9NO3. The summed E-state index contributed by atoms with van der Waals surface area (Å²) < 4.78 is 0. The van der Waals surface area contributed by atoms with Gasteiger partial charge in [0.2, 0.25) is 0 Å². The maximum atomic E-state index is 11.7. The Morgan fingerprint density at radius 1 is 1.20 bits per heavy atom. The summed E-state index contributed by atoms with van der Waals surface area (Å²) in [6.45, 7) is -0.409. The van der Waals surface area contributed by atoms with E-state index in [9.17, 15) is 9.59 Å². The van der Waals surface area contributed by atoms with Gasteiger partial charge in [0.1, 0.15) is 12.6 Å². The molecule has 0 radical (unpaired) electrons. The number of carbonyl (C=O) groups excluding carboxylic acids is 2. The van der Waals surface area contributed by atoms with Crippen molar-refractivity contribution in [3.8, 4) is 0 Å². The Labute approximate surface area is 86.3 Å².